The number of aryl methyl sites for hydroxylation is 2. The maximum absolute atomic E-state index is 12.9. The van der Waals surface area contributed by atoms with Gasteiger partial charge in [0.05, 0.1) is 15.6 Å². The highest BCUT2D eigenvalue weighted by Gasteiger charge is 2.21. The summed E-state index contributed by atoms with van der Waals surface area (Å²) in [6.45, 7) is 3.63. The Morgan fingerprint density at radius 2 is 1.32 bits per heavy atom. The van der Waals surface area contributed by atoms with E-state index in [1.165, 1.54) is 42.5 Å². The van der Waals surface area contributed by atoms with Gasteiger partial charge in [-0.25, -0.2) is 16.8 Å². The van der Waals surface area contributed by atoms with Crippen LogP contribution in [0.3, 0.4) is 0 Å². The molecule has 0 bridgehead atoms. The molecular formula is C27H24ClN3O5S2. The van der Waals surface area contributed by atoms with Crippen LogP contribution >= 0.6 is 11.6 Å². The molecule has 0 saturated heterocycles. The summed E-state index contributed by atoms with van der Waals surface area (Å²) >= 11 is 6.14. The van der Waals surface area contributed by atoms with Crippen LogP contribution in [-0.2, 0) is 20.0 Å². The fourth-order valence-corrected chi connectivity index (χ4v) is 6.44. The molecule has 0 aliphatic heterocycles. The van der Waals surface area contributed by atoms with E-state index in [2.05, 4.69) is 14.8 Å². The molecular weight excluding hydrogens is 546 g/mol. The number of anilines is 3. The number of rotatable bonds is 8. The van der Waals surface area contributed by atoms with E-state index in [-0.39, 0.29) is 20.4 Å². The number of carbonyl (C=O) groups excluding carboxylic acids is 1. The summed E-state index contributed by atoms with van der Waals surface area (Å²) in [4.78, 5) is 12.6. The predicted molar refractivity (Wildman–Crippen MR) is 150 cm³/mol. The molecule has 1 amide bonds. The van der Waals surface area contributed by atoms with Gasteiger partial charge in [-0.15, -0.1) is 0 Å². The molecule has 0 saturated carbocycles. The summed E-state index contributed by atoms with van der Waals surface area (Å²) in [5, 5.41) is 2.59. The van der Waals surface area contributed by atoms with E-state index in [0.717, 1.165) is 11.1 Å². The Morgan fingerprint density at radius 1 is 0.684 bits per heavy atom. The first-order chi connectivity index (χ1) is 18.0. The fraction of sp³-hybridized carbons (Fsp3) is 0.0741. The molecule has 4 aromatic carbocycles. The van der Waals surface area contributed by atoms with Gasteiger partial charge in [0, 0.05) is 16.9 Å². The van der Waals surface area contributed by atoms with E-state index < -0.39 is 26.0 Å². The van der Waals surface area contributed by atoms with Crippen molar-refractivity contribution in [1.29, 1.82) is 0 Å². The predicted octanol–water partition coefficient (Wildman–Crippen LogP) is 5.81. The topological polar surface area (TPSA) is 121 Å². The van der Waals surface area contributed by atoms with E-state index >= 15 is 0 Å². The second-order valence-corrected chi connectivity index (χ2v) is 12.2. The van der Waals surface area contributed by atoms with Crippen LogP contribution in [0.1, 0.15) is 21.5 Å². The van der Waals surface area contributed by atoms with Crippen molar-refractivity contribution in [3.05, 3.63) is 113 Å². The molecule has 0 aliphatic carbocycles. The normalized spacial score (nSPS) is 11.6. The van der Waals surface area contributed by atoms with Gasteiger partial charge in [-0.3, -0.25) is 14.2 Å². The average molecular weight is 570 g/mol. The lowest BCUT2D eigenvalue weighted by atomic mass is 10.1. The zero-order chi connectivity index (χ0) is 27.5. The number of sulfonamides is 2. The van der Waals surface area contributed by atoms with Gasteiger partial charge in [0.25, 0.3) is 26.0 Å². The van der Waals surface area contributed by atoms with Gasteiger partial charge >= 0.3 is 0 Å². The Labute approximate surface area is 226 Å². The molecule has 38 heavy (non-hydrogen) atoms. The van der Waals surface area contributed by atoms with Crippen LogP contribution in [-0.4, -0.2) is 22.7 Å². The highest BCUT2D eigenvalue weighted by molar-refractivity contribution is 7.93. The standard InChI is InChI=1S/C27H24ClN3O5S2/c1-18-7-6-8-19(2)26(18)31-37(33,34)23-14-12-21(13-15-23)29-27(32)20-11-16-24(28)25(17-20)38(35,36)30-22-9-4-3-5-10-22/h3-17,30-31H,1-2H3,(H,29,32). The number of halogens is 1. The number of nitrogens with one attached hydrogen (secondary N) is 3. The van der Waals surface area contributed by atoms with E-state index in [9.17, 15) is 21.6 Å². The first-order valence-corrected chi connectivity index (χ1v) is 14.7. The van der Waals surface area contributed by atoms with E-state index in [0.29, 0.717) is 17.1 Å². The Balaban J connectivity index is 1.51. The lowest BCUT2D eigenvalue weighted by Crippen LogP contribution is -2.17. The molecule has 0 spiro atoms. The number of para-hydroxylation sites is 2. The van der Waals surface area contributed by atoms with Crippen LogP contribution in [0.25, 0.3) is 0 Å². The molecule has 0 fully saturated rings. The summed E-state index contributed by atoms with van der Waals surface area (Å²) in [5.41, 5.74) is 2.82. The van der Waals surface area contributed by atoms with Gasteiger partial charge < -0.3 is 5.32 Å². The van der Waals surface area contributed by atoms with Crippen molar-refractivity contribution in [2.75, 3.05) is 14.8 Å². The van der Waals surface area contributed by atoms with E-state index in [1.54, 1.807) is 30.3 Å². The highest BCUT2D eigenvalue weighted by atomic mass is 35.5. The molecule has 0 heterocycles. The quantitative estimate of drug-likeness (QED) is 0.247. The van der Waals surface area contributed by atoms with Crippen LogP contribution in [0.5, 0.6) is 0 Å². The highest BCUT2D eigenvalue weighted by Crippen LogP contribution is 2.27. The molecule has 4 rings (SSSR count). The first kappa shape index (κ1) is 27.2. The lowest BCUT2D eigenvalue weighted by molar-refractivity contribution is 0.102. The van der Waals surface area contributed by atoms with Crippen LogP contribution in [0.15, 0.2) is 101 Å². The third kappa shape index (κ3) is 6.16. The molecule has 3 N–H and O–H groups in total. The SMILES string of the molecule is Cc1cccc(C)c1NS(=O)(=O)c1ccc(NC(=O)c2ccc(Cl)c(S(=O)(=O)Nc3ccccc3)c2)cc1. The summed E-state index contributed by atoms with van der Waals surface area (Å²) in [6.07, 6.45) is 0. The number of hydrogen-bond donors (Lipinski definition) is 3. The molecule has 0 unspecified atom stereocenters. The Bertz CT molecular complexity index is 1690. The largest absolute Gasteiger partial charge is 0.322 e. The molecule has 0 aromatic heterocycles. The van der Waals surface area contributed by atoms with Crippen molar-refractivity contribution in [3.63, 3.8) is 0 Å². The Kier molecular flexibility index (Phi) is 7.77. The van der Waals surface area contributed by atoms with Crippen molar-refractivity contribution in [3.8, 4) is 0 Å². The zero-order valence-electron chi connectivity index (χ0n) is 20.4. The van der Waals surface area contributed by atoms with E-state index in [1.807, 2.05) is 32.0 Å². The summed E-state index contributed by atoms with van der Waals surface area (Å²) < 4.78 is 56.5. The monoisotopic (exact) mass is 569 g/mol. The van der Waals surface area contributed by atoms with Crippen molar-refractivity contribution in [2.24, 2.45) is 0 Å². The van der Waals surface area contributed by atoms with Crippen LogP contribution in [0.2, 0.25) is 5.02 Å². The van der Waals surface area contributed by atoms with Gasteiger partial charge in [-0.1, -0.05) is 48.0 Å². The van der Waals surface area contributed by atoms with E-state index in [4.69, 9.17) is 11.6 Å². The molecule has 11 heteroatoms. The Hall–Kier alpha value is -3.86. The molecule has 0 atom stereocenters. The zero-order valence-corrected chi connectivity index (χ0v) is 22.8. The second-order valence-electron chi connectivity index (χ2n) is 8.47. The van der Waals surface area contributed by atoms with Crippen LogP contribution < -0.4 is 14.8 Å². The second kappa shape index (κ2) is 10.9. The van der Waals surface area contributed by atoms with Gasteiger partial charge in [0.15, 0.2) is 0 Å². The smallest absolute Gasteiger partial charge is 0.263 e. The van der Waals surface area contributed by atoms with Crippen LogP contribution in [0, 0.1) is 13.8 Å². The summed E-state index contributed by atoms with van der Waals surface area (Å²) in [7, 11) is -7.92. The third-order valence-electron chi connectivity index (χ3n) is 5.65. The molecule has 0 radical (unpaired) electrons. The molecule has 196 valence electrons. The molecule has 0 aliphatic rings. The molecule has 8 nitrogen and oxygen atoms in total. The third-order valence-corrected chi connectivity index (χ3v) is 8.88. The number of hydrogen-bond acceptors (Lipinski definition) is 5. The Morgan fingerprint density at radius 3 is 1.95 bits per heavy atom. The van der Waals surface area contributed by atoms with Crippen molar-refractivity contribution >= 4 is 54.6 Å². The maximum Gasteiger partial charge on any atom is 0.263 e. The van der Waals surface area contributed by atoms with Gasteiger partial charge in [-0.2, -0.15) is 0 Å². The fourth-order valence-electron chi connectivity index (χ4n) is 3.66. The minimum Gasteiger partial charge on any atom is -0.322 e. The van der Waals surface area contributed by atoms with Crippen molar-refractivity contribution in [2.45, 2.75) is 23.6 Å². The van der Waals surface area contributed by atoms with Gasteiger partial charge in [0.1, 0.15) is 4.90 Å². The average Bonchev–Trinajstić information content (AvgIpc) is 2.87. The minimum atomic E-state index is -4.06. The van der Waals surface area contributed by atoms with Crippen molar-refractivity contribution in [1.82, 2.24) is 0 Å². The van der Waals surface area contributed by atoms with Crippen LogP contribution in [0.4, 0.5) is 17.1 Å². The number of benzene rings is 4. The first-order valence-electron chi connectivity index (χ1n) is 11.3. The summed E-state index contributed by atoms with van der Waals surface area (Å²) in [6, 6.07) is 23.3. The number of amides is 1. The minimum absolute atomic E-state index is 0.0185. The summed E-state index contributed by atoms with van der Waals surface area (Å²) in [5.74, 6) is -0.595. The van der Waals surface area contributed by atoms with Gasteiger partial charge in [0.2, 0.25) is 0 Å². The molecule has 4 aromatic rings. The van der Waals surface area contributed by atoms with Gasteiger partial charge in [-0.05, 0) is 79.6 Å². The van der Waals surface area contributed by atoms with Crippen molar-refractivity contribution < 1.29 is 21.6 Å². The lowest BCUT2D eigenvalue weighted by Gasteiger charge is -2.14. The maximum atomic E-state index is 12.9. The number of carbonyl (C=O) groups is 1.